The highest BCUT2D eigenvalue weighted by Crippen LogP contribution is 2.38. The maximum absolute atomic E-state index is 12.5. The van der Waals surface area contributed by atoms with Crippen LogP contribution in [-0.4, -0.2) is 52.3 Å². The van der Waals surface area contributed by atoms with E-state index in [4.69, 9.17) is 21.3 Å². The molecule has 1 unspecified atom stereocenters. The highest BCUT2D eigenvalue weighted by atomic mass is 35.5. The van der Waals surface area contributed by atoms with Crippen molar-refractivity contribution in [1.82, 2.24) is 9.88 Å². The van der Waals surface area contributed by atoms with Gasteiger partial charge in [0.2, 0.25) is 0 Å². The number of halogens is 1. The van der Waals surface area contributed by atoms with Crippen LogP contribution in [0, 0.1) is 0 Å². The Morgan fingerprint density at radius 1 is 1.18 bits per heavy atom. The minimum atomic E-state index is -0.471. The Hall–Kier alpha value is -2.86. The first-order valence-corrected chi connectivity index (χ1v) is 14.7. The summed E-state index contributed by atoms with van der Waals surface area (Å²) in [7, 11) is 0. The van der Waals surface area contributed by atoms with E-state index in [1.54, 1.807) is 0 Å². The number of allylic oxidation sites excluding steroid dienone is 4. The number of amidine groups is 1. The van der Waals surface area contributed by atoms with Gasteiger partial charge in [-0.2, -0.15) is 0 Å². The molecule has 1 aromatic carbocycles. The number of piperidine rings is 1. The van der Waals surface area contributed by atoms with Gasteiger partial charge >= 0.3 is 6.09 Å². The number of aliphatic imine (C=N–C) groups is 2. The second kappa shape index (κ2) is 11.0. The average molecular weight is 549 g/mol. The predicted octanol–water partition coefficient (Wildman–Crippen LogP) is 8.34. The molecule has 3 heterocycles. The molecule has 2 bridgehead atoms. The van der Waals surface area contributed by atoms with Crippen molar-refractivity contribution in [3.8, 4) is 0 Å². The fourth-order valence-corrected chi connectivity index (χ4v) is 6.28. The van der Waals surface area contributed by atoms with Gasteiger partial charge < -0.3 is 14.6 Å². The number of H-pyrrole nitrogens is 1. The summed E-state index contributed by atoms with van der Waals surface area (Å²) in [6.07, 6.45) is 8.79. The number of amides is 1. The van der Waals surface area contributed by atoms with E-state index in [1.807, 2.05) is 32.6 Å². The molecule has 0 radical (unpaired) electrons. The van der Waals surface area contributed by atoms with Crippen molar-refractivity contribution >= 4 is 45.7 Å². The van der Waals surface area contributed by atoms with E-state index < -0.39 is 5.60 Å². The Balaban J connectivity index is 1.43. The molecule has 39 heavy (non-hydrogen) atoms. The molecule has 2 aliphatic heterocycles. The number of nitrogens with zero attached hydrogens (tertiary/aromatic N) is 3. The van der Waals surface area contributed by atoms with Crippen molar-refractivity contribution in [3.05, 3.63) is 52.2 Å². The van der Waals surface area contributed by atoms with Crippen molar-refractivity contribution in [3.63, 3.8) is 0 Å². The lowest BCUT2D eigenvalue weighted by Crippen LogP contribution is -2.41. The average Bonchev–Trinajstić information content (AvgIpc) is 3.27. The van der Waals surface area contributed by atoms with Gasteiger partial charge in [0, 0.05) is 36.1 Å². The molecule has 1 aliphatic carbocycles. The van der Waals surface area contributed by atoms with E-state index in [-0.39, 0.29) is 12.1 Å². The summed E-state index contributed by atoms with van der Waals surface area (Å²) in [4.78, 5) is 27.5. The van der Waals surface area contributed by atoms with Crippen molar-refractivity contribution < 1.29 is 9.53 Å². The predicted molar refractivity (Wildman–Crippen MR) is 162 cm³/mol. The summed E-state index contributed by atoms with van der Waals surface area (Å²) in [5, 5.41) is 1.97. The number of nitrogens with one attached hydrogen (secondary N) is 1. The van der Waals surface area contributed by atoms with Gasteiger partial charge in [-0.25, -0.2) is 9.79 Å². The maximum atomic E-state index is 12.5. The molecule has 1 N–H and O–H groups in total. The number of aromatic amines is 1. The molecule has 1 atom stereocenters. The van der Waals surface area contributed by atoms with E-state index in [2.05, 4.69) is 54.2 Å². The quantitative estimate of drug-likeness (QED) is 0.418. The molecule has 1 saturated heterocycles. The molecule has 3 aliphatic rings. The normalized spacial score (nSPS) is 22.4. The summed E-state index contributed by atoms with van der Waals surface area (Å²) < 4.78 is 5.59. The van der Waals surface area contributed by atoms with Gasteiger partial charge in [0.15, 0.2) is 0 Å². The first kappa shape index (κ1) is 27.7. The fourth-order valence-electron chi connectivity index (χ4n) is 6.04. The van der Waals surface area contributed by atoms with Crippen molar-refractivity contribution in [1.29, 1.82) is 0 Å². The number of aromatic nitrogens is 1. The highest BCUT2D eigenvalue weighted by Gasteiger charge is 2.28. The summed E-state index contributed by atoms with van der Waals surface area (Å²) >= 11 is 6.85. The number of benzene rings is 1. The molecule has 0 saturated carbocycles. The number of ether oxygens (including phenoxy) is 1. The van der Waals surface area contributed by atoms with Crippen molar-refractivity contribution in [2.45, 2.75) is 97.1 Å². The third-order valence-corrected chi connectivity index (χ3v) is 8.19. The SMILES string of the molecule is CC1=NC2CC/C=C(/c3[nH]c4ccc(C5CCN(C(=O)OC(C)(C)C)CC5)cc4c3C(C)C)C=C(Cl)C(=N1)C2. The van der Waals surface area contributed by atoms with Gasteiger partial charge in [0.1, 0.15) is 11.4 Å². The minimum absolute atomic E-state index is 0.208. The van der Waals surface area contributed by atoms with Crippen LogP contribution >= 0.6 is 11.6 Å². The zero-order valence-corrected chi connectivity index (χ0v) is 24.9. The third kappa shape index (κ3) is 6.16. The van der Waals surface area contributed by atoms with Gasteiger partial charge in [-0.05, 0) is 100 Å². The lowest BCUT2D eigenvalue weighted by atomic mass is 9.87. The Morgan fingerprint density at radius 3 is 2.62 bits per heavy atom. The monoisotopic (exact) mass is 548 g/mol. The van der Waals surface area contributed by atoms with Crippen molar-refractivity contribution in [2.24, 2.45) is 9.98 Å². The molecule has 1 aromatic heterocycles. The van der Waals surface area contributed by atoms with Crippen LogP contribution < -0.4 is 0 Å². The first-order chi connectivity index (χ1) is 18.5. The zero-order chi connectivity index (χ0) is 27.9. The van der Waals surface area contributed by atoms with Gasteiger partial charge in [-0.1, -0.05) is 37.6 Å². The van der Waals surface area contributed by atoms with Crippen molar-refractivity contribution in [2.75, 3.05) is 13.1 Å². The Bertz CT molecular complexity index is 1380. The summed E-state index contributed by atoms with van der Waals surface area (Å²) in [5.41, 5.74) is 6.54. The van der Waals surface area contributed by atoms with E-state index >= 15 is 0 Å². The Kier molecular flexibility index (Phi) is 7.78. The lowest BCUT2D eigenvalue weighted by molar-refractivity contribution is 0.0205. The molecular weight excluding hydrogens is 508 g/mol. The molecule has 2 aromatic rings. The van der Waals surface area contributed by atoms with E-state index in [0.29, 0.717) is 16.9 Å². The van der Waals surface area contributed by atoms with Gasteiger partial charge in [0.25, 0.3) is 0 Å². The lowest BCUT2D eigenvalue weighted by Gasteiger charge is -2.33. The summed E-state index contributed by atoms with van der Waals surface area (Å²) in [6.45, 7) is 13.7. The van der Waals surface area contributed by atoms with Gasteiger partial charge in [-0.15, -0.1) is 0 Å². The van der Waals surface area contributed by atoms with E-state index in [9.17, 15) is 4.79 Å². The van der Waals surface area contributed by atoms with Crippen LogP contribution in [0.3, 0.4) is 0 Å². The van der Waals surface area contributed by atoms with Crippen LogP contribution in [0.5, 0.6) is 0 Å². The largest absolute Gasteiger partial charge is 0.444 e. The number of hydrogen-bond donors (Lipinski definition) is 1. The standard InChI is InChI=1S/C32H41ClN4O2/c1-19(2)29-25-16-22(21-12-14-37(15-13-21)31(38)39-32(4,5)6)10-11-27(25)36-30(29)23-8-7-9-24-18-28(26(33)17-23)35-20(3)34-24/h8,10-11,16-17,19,21,24,36H,7,9,12-15,18H2,1-6H3/b23-8+,26-17?. The molecule has 1 fully saturated rings. The number of carbonyl (C=O) groups is 1. The molecule has 208 valence electrons. The van der Waals surface area contributed by atoms with Gasteiger partial charge in [-0.3, -0.25) is 4.99 Å². The molecular formula is C32H41ClN4O2. The van der Waals surface area contributed by atoms with Crippen LogP contribution in [0.4, 0.5) is 4.79 Å². The Morgan fingerprint density at radius 2 is 1.92 bits per heavy atom. The summed E-state index contributed by atoms with van der Waals surface area (Å²) in [5.74, 6) is 1.57. The fraction of sp³-hybridized carbons (Fsp3) is 0.531. The van der Waals surface area contributed by atoms with E-state index in [1.165, 1.54) is 16.5 Å². The van der Waals surface area contributed by atoms with Crippen LogP contribution in [0.2, 0.25) is 0 Å². The smallest absolute Gasteiger partial charge is 0.410 e. The van der Waals surface area contributed by atoms with Crippen LogP contribution in [0.1, 0.15) is 102 Å². The molecule has 5 rings (SSSR count). The Labute approximate surface area is 237 Å². The summed E-state index contributed by atoms with van der Waals surface area (Å²) in [6, 6.07) is 7.08. The number of carbonyl (C=O) groups excluding carboxylic acids is 1. The number of likely N-dealkylation sites (tertiary alicyclic amines) is 1. The molecule has 6 nitrogen and oxygen atoms in total. The van der Waals surface area contributed by atoms with Crippen LogP contribution in [-0.2, 0) is 4.74 Å². The second-order valence-corrected chi connectivity index (χ2v) is 12.8. The second-order valence-electron chi connectivity index (χ2n) is 12.4. The molecule has 7 heteroatoms. The number of rotatable bonds is 3. The van der Waals surface area contributed by atoms with Crippen LogP contribution in [0.15, 0.2) is 45.4 Å². The highest BCUT2D eigenvalue weighted by molar-refractivity contribution is 6.45. The first-order valence-electron chi connectivity index (χ1n) is 14.3. The van der Waals surface area contributed by atoms with Gasteiger partial charge in [0.05, 0.1) is 16.8 Å². The van der Waals surface area contributed by atoms with E-state index in [0.717, 1.165) is 73.5 Å². The van der Waals surface area contributed by atoms with Crippen LogP contribution in [0.25, 0.3) is 16.5 Å². The number of hydrogen-bond acceptors (Lipinski definition) is 4. The topological polar surface area (TPSA) is 70.0 Å². The molecule has 1 amide bonds. The third-order valence-electron chi connectivity index (χ3n) is 7.86. The minimum Gasteiger partial charge on any atom is -0.444 e. The number of fused-ring (bicyclic) bond motifs is 3. The maximum Gasteiger partial charge on any atom is 0.410 e. The molecule has 0 spiro atoms. The zero-order valence-electron chi connectivity index (χ0n) is 24.1.